The van der Waals surface area contributed by atoms with Crippen LogP contribution in [-0.2, 0) is 15.4 Å². The first-order chi connectivity index (χ1) is 15.4. The summed E-state index contributed by atoms with van der Waals surface area (Å²) in [5.74, 6) is -2.13. The summed E-state index contributed by atoms with van der Waals surface area (Å²) >= 11 is 1.94. The van der Waals surface area contributed by atoms with Crippen LogP contribution in [-0.4, -0.2) is 23.9 Å². The van der Waals surface area contributed by atoms with Crippen LogP contribution in [0.3, 0.4) is 0 Å². The van der Waals surface area contributed by atoms with E-state index in [0.717, 1.165) is 49.9 Å². The summed E-state index contributed by atoms with van der Waals surface area (Å²) < 4.78 is 82.9. The standard InChI is InChI=1S/C23H21F6IO3/c24-22(25,26)12-33-20-16(11-30)9-15(19(21(31)32)14-3-1-2-4-14)10-18(20)13-5-7-17(8-6-13)23(27,28)29/h5-10,14,19H,1-4,11-12H2,(H,31,32). The molecule has 0 heterocycles. The number of halogens is 7. The topological polar surface area (TPSA) is 46.5 Å². The Balaban J connectivity index is 2.15. The Hall–Kier alpha value is -1.98. The third-order valence-corrected chi connectivity index (χ3v) is 6.55. The van der Waals surface area contributed by atoms with E-state index < -0.39 is 36.4 Å². The van der Waals surface area contributed by atoms with Gasteiger partial charge in [0.15, 0.2) is 6.61 Å². The quantitative estimate of drug-likeness (QED) is 0.207. The van der Waals surface area contributed by atoms with Gasteiger partial charge in [0.05, 0.1) is 11.5 Å². The highest BCUT2D eigenvalue weighted by molar-refractivity contribution is 14.1. The van der Waals surface area contributed by atoms with E-state index in [9.17, 15) is 36.2 Å². The monoisotopic (exact) mass is 586 g/mol. The van der Waals surface area contributed by atoms with Crippen molar-refractivity contribution in [3.05, 3.63) is 53.1 Å². The van der Waals surface area contributed by atoms with Gasteiger partial charge in [-0.25, -0.2) is 0 Å². The van der Waals surface area contributed by atoms with Gasteiger partial charge in [0.1, 0.15) is 5.75 Å². The normalized spacial score (nSPS) is 16.1. The SMILES string of the molecule is O=C(O)C(c1cc(CI)c(OCC(F)(F)F)c(-c2ccc(C(F)(F)F)cc2)c1)C1CCCC1. The number of carboxylic acids is 1. The van der Waals surface area contributed by atoms with Gasteiger partial charge in [-0.3, -0.25) is 4.79 Å². The zero-order chi connectivity index (χ0) is 24.4. The molecule has 3 nitrogen and oxygen atoms in total. The van der Waals surface area contributed by atoms with Crippen molar-refractivity contribution < 1.29 is 41.0 Å². The van der Waals surface area contributed by atoms with Crippen LogP contribution in [0.15, 0.2) is 36.4 Å². The van der Waals surface area contributed by atoms with Crippen molar-refractivity contribution in [3.8, 4) is 16.9 Å². The fraction of sp³-hybridized carbons (Fsp3) is 0.435. The summed E-state index contributed by atoms with van der Waals surface area (Å²) in [6, 6.07) is 6.98. The minimum atomic E-state index is -4.62. The Labute approximate surface area is 200 Å². The van der Waals surface area contributed by atoms with Crippen LogP contribution in [0.5, 0.6) is 5.75 Å². The van der Waals surface area contributed by atoms with E-state index in [1.54, 1.807) is 6.07 Å². The highest BCUT2D eigenvalue weighted by Gasteiger charge is 2.35. The van der Waals surface area contributed by atoms with Gasteiger partial charge in [0.25, 0.3) is 0 Å². The van der Waals surface area contributed by atoms with Crippen LogP contribution in [0.1, 0.15) is 48.3 Å². The summed E-state index contributed by atoms with van der Waals surface area (Å²) in [5.41, 5.74) is 0.223. The zero-order valence-corrected chi connectivity index (χ0v) is 19.4. The third-order valence-electron chi connectivity index (χ3n) is 5.73. The number of benzene rings is 2. The fourth-order valence-corrected chi connectivity index (χ4v) is 4.84. The molecule has 1 aliphatic rings. The Morgan fingerprint density at radius 1 is 1.06 bits per heavy atom. The number of rotatable bonds is 7. The van der Waals surface area contributed by atoms with Gasteiger partial charge >= 0.3 is 18.3 Å². The van der Waals surface area contributed by atoms with Gasteiger partial charge in [0.2, 0.25) is 0 Å². The molecule has 0 spiro atoms. The molecule has 3 rings (SSSR count). The van der Waals surface area contributed by atoms with E-state index in [0.29, 0.717) is 11.1 Å². The molecule has 180 valence electrons. The Bertz CT molecular complexity index is 979. The lowest BCUT2D eigenvalue weighted by Gasteiger charge is -2.24. The van der Waals surface area contributed by atoms with Crippen molar-refractivity contribution in [2.45, 2.75) is 48.4 Å². The van der Waals surface area contributed by atoms with Crippen molar-refractivity contribution in [2.75, 3.05) is 6.61 Å². The summed E-state index contributed by atoms with van der Waals surface area (Å²) in [5, 5.41) is 9.91. The van der Waals surface area contributed by atoms with E-state index in [-0.39, 0.29) is 27.2 Å². The molecule has 0 amide bonds. The fourth-order valence-electron chi connectivity index (χ4n) is 4.28. The molecule has 0 radical (unpaired) electrons. The van der Waals surface area contributed by atoms with E-state index in [4.69, 9.17) is 4.74 Å². The van der Waals surface area contributed by atoms with Crippen LogP contribution in [0.2, 0.25) is 0 Å². The first-order valence-corrected chi connectivity index (χ1v) is 11.8. The molecule has 2 aromatic rings. The molecule has 1 unspecified atom stereocenters. The molecule has 1 N–H and O–H groups in total. The van der Waals surface area contributed by atoms with Gasteiger partial charge < -0.3 is 9.84 Å². The van der Waals surface area contributed by atoms with Gasteiger partial charge in [-0.15, -0.1) is 0 Å². The smallest absolute Gasteiger partial charge is 0.422 e. The number of carboxylic acid groups (broad SMARTS) is 1. The Kier molecular flexibility index (Phi) is 7.85. The highest BCUT2D eigenvalue weighted by atomic mass is 127. The molecule has 1 fully saturated rings. The molecule has 1 aliphatic carbocycles. The van der Waals surface area contributed by atoms with Crippen LogP contribution < -0.4 is 4.74 Å². The molecular formula is C23H21F6IO3. The summed E-state index contributed by atoms with van der Waals surface area (Å²) in [4.78, 5) is 12.1. The Morgan fingerprint density at radius 2 is 1.67 bits per heavy atom. The van der Waals surface area contributed by atoms with Crippen LogP contribution in [0, 0.1) is 5.92 Å². The number of carbonyl (C=O) groups is 1. The maximum atomic E-state index is 13.0. The van der Waals surface area contributed by atoms with Crippen molar-refractivity contribution >= 4 is 28.6 Å². The van der Waals surface area contributed by atoms with Crippen molar-refractivity contribution in [2.24, 2.45) is 5.92 Å². The molecule has 0 aliphatic heterocycles. The van der Waals surface area contributed by atoms with Crippen molar-refractivity contribution in [1.29, 1.82) is 0 Å². The average molecular weight is 586 g/mol. The molecule has 10 heteroatoms. The molecule has 0 saturated heterocycles. The molecule has 1 saturated carbocycles. The van der Waals surface area contributed by atoms with Crippen molar-refractivity contribution in [3.63, 3.8) is 0 Å². The lowest BCUT2D eigenvalue weighted by Crippen LogP contribution is -2.21. The molecule has 2 aromatic carbocycles. The molecule has 0 bridgehead atoms. The number of hydrogen-bond acceptors (Lipinski definition) is 2. The highest BCUT2D eigenvalue weighted by Crippen LogP contribution is 2.43. The first kappa shape index (κ1) is 25.6. The lowest BCUT2D eigenvalue weighted by atomic mass is 9.82. The van der Waals surface area contributed by atoms with E-state index >= 15 is 0 Å². The second-order valence-corrected chi connectivity index (χ2v) is 8.79. The van der Waals surface area contributed by atoms with Crippen LogP contribution >= 0.6 is 22.6 Å². The number of ether oxygens (including phenoxy) is 1. The van der Waals surface area contributed by atoms with E-state index in [2.05, 4.69) is 0 Å². The van der Waals surface area contributed by atoms with E-state index in [1.807, 2.05) is 22.6 Å². The lowest BCUT2D eigenvalue weighted by molar-refractivity contribution is -0.153. The summed E-state index contributed by atoms with van der Waals surface area (Å²) in [7, 11) is 0. The van der Waals surface area contributed by atoms with Gasteiger partial charge in [-0.1, -0.05) is 53.6 Å². The maximum Gasteiger partial charge on any atom is 0.422 e. The summed E-state index contributed by atoms with van der Waals surface area (Å²) in [6.07, 6.45) is -5.96. The maximum absolute atomic E-state index is 13.0. The van der Waals surface area contributed by atoms with Gasteiger partial charge in [-0.2, -0.15) is 26.3 Å². The zero-order valence-electron chi connectivity index (χ0n) is 17.3. The second kappa shape index (κ2) is 10.1. The van der Waals surface area contributed by atoms with Gasteiger partial charge in [0, 0.05) is 15.6 Å². The number of alkyl halides is 7. The largest absolute Gasteiger partial charge is 0.483 e. The van der Waals surface area contributed by atoms with Gasteiger partial charge in [-0.05, 0) is 48.1 Å². The van der Waals surface area contributed by atoms with Crippen LogP contribution in [0.4, 0.5) is 26.3 Å². The van der Waals surface area contributed by atoms with E-state index in [1.165, 1.54) is 6.07 Å². The first-order valence-electron chi connectivity index (χ1n) is 10.2. The number of hydrogen-bond donors (Lipinski definition) is 1. The molecule has 0 aromatic heterocycles. The molecular weight excluding hydrogens is 565 g/mol. The molecule has 33 heavy (non-hydrogen) atoms. The van der Waals surface area contributed by atoms with Crippen LogP contribution in [0.25, 0.3) is 11.1 Å². The second-order valence-electron chi connectivity index (χ2n) is 8.03. The Morgan fingerprint density at radius 3 is 2.15 bits per heavy atom. The van der Waals surface area contributed by atoms with Crippen molar-refractivity contribution in [1.82, 2.24) is 0 Å². The minimum Gasteiger partial charge on any atom is -0.483 e. The minimum absolute atomic E-state index is 0.110. The summed E-state index contributed by atoms with van der Waals surface area (Å²) in [6.45, 7) is -1.57. The third kappa shape index (κ3) is 6.33. The average Bonchev–Trinajstić information content (AvgIpc) is 3.25. The number of aliphatic carboxylic acids is 1. The molecule has 1 atom stereocenters. The predicted octanol–water partition coefficient (Wildman–Crippen LogP) is 7.61. The predicted molar refractivity (Wildman–Crippen MR) is 118 cm³/mol.